The van der Waals surface area contributed by atoms with Crippen molar-refractivity contribution in [2.24, 2.45) is 5.84 Å². The lowest BCUT2D eigenvalue weighted by molar-refractivity contribution is 1.31. The molecule has 0 fully saturated rings. The summed E-state index contributed by atoms with van der Waals surface area (Å²) >= 11 is 3.25. The van der Waals surface area contributed by atoms with E-state index in [1.54, 1.807) is 22.7 Å². The highest BCUT2D eigenvalue weighted by Gasteiger charge is 2.08. The highest BCUT2D eigenvalue weighted by molar-refractivity contribution is 7.22. The number of anilines is 1. The van der Waals surface area contributed by atoms with Crippen LogP contribution in [0.5, 0.6) is 0 Å². The normalized spacial score (nSPS) is 11.2. The number of benzene rings is 2. The molecule has 0 aliphatic rings. The fraction of sp³-hybridized carbons (Fsp3) is 0. The van der Waals surface area contributed by atoms with Gasteiger partial charge >= 0.3 is 0 Å². The number of rotatable bonds is 2. The fourth-order valence-electron chi connectivity index (χ4n) is 2.12. The molecule has 4 aromatic rings. The lowest BCUT2D eigenvalue weighted by Gasteiger charge is -1.94. The van der Waals surface area contributed by atoms with Crippen molar-refractivity contribution in [3.8, 4) is 10.6 Å². The van der Waals surface area contributed by atoms with Crippen molar-refractivity contribution < 1.29 is 0 Å². The Labute approximate surface area is 122 Å². The molecule has 98 valence electrons. The Kier molecular flexibility index (Phi) is 2.66. The van der Waals surface area contributed by atoms with Crippen LogP contribution in [0.4, 0.5) is 5.13 Å². The van der Waals surface area contributed by atoms with Gasteiger partial charge in [0.1, 0.15) is 5.01 Å². The van der Waals surface area contributed by atoms with E-state index >= 15 is 0 Å². The van der Waals surface area contributed by atoms with Gasteiger partial charge in [-0.3, -0.25) is 5.43 Å². The molecule has 0 amide bonds. The van der Waals surface area contributed by atoms with Gasteiger partial charge in [-0.15, -0.1) is 11.3 Å². The lowest BCUT2D eigenvalue weighted by Crippen LogP contribution is -2.05. The molecule has 2 aromatic carbocycles. The van der Waals surface area contributed by atoms with Crippen molar-refractivity contribution in [1.29, 1.82) is 0 Å². The minimum atomic E-state index is 0.724. The Morgan fingerprint density at radius 3 is 2.60 bits per heavy atom. The van der Waals surface area contributed by atoms with Gasteiger partial charge in [0.25, 0.3) is 0 Å². The molecule has 0 aliphatic heterocycles. The summed E-state index contributed by atoms with van der Waals surface area (Å²) in [4.78, 5) is 9.05. The van der Waals surface area contributed by atoms with E-state index in [9.17, 15) is 0 Å². The van der Waals surface area contributed by atoms with Gasteiger partial charge < -0.3 is 0 Å². The summed E-state index contributed by atoms with van der Waals surface area (Å²) in [5.74, 6) is 5.40. The van der Waals surface area contributed by atoms with Crippen molar-refractivity contribution in [3.63, 3.8) is 0 Å². The second-order valence-electron chi connectivity index (χ2n) is 4.33. The van der Waals surface area contributed by atoms with Crippen LogP contribution in [-0.2, 0) is 0 Å². The number of para-hydroxylation sites is 1. The van der Waals surface area contributed by atoms with Crippen molar-refractivity contribution in [1.82, 2.24) is 9.97 Å². The van der Waals surface area contributed by atoms with E-state index in [-0.39, 0.29) is 0 Å². The minimum Gasteiger partial charge on any atom is -0.300 e. The first-order chi connectivity index (χ1) is 9.83. The molecular weight excluding hydrogens is 288 g/mol. The first kappa shape index (κ1) is 11.8. The highest BCUT2D eigenvalue weighted by atomic mass is 32.1. The zero-order chi connectivity index (χ0) is 13.5. The molecule has 2 aromatic heterocycles. The van der Waals surface area contributed by atoms with Crippen LogP contribution in [0.1, 0.15) is 0 Å². The predicted octanol–water partition coefficient (Wildman–Crippen LogP) is 3.86. The second kappa shape index (κ2) is 4.52. The van der Waals surface area contributed by atoms with Gasteiger partial charge in [-0.2, -0.15) is 0 Å². The first-order valence-electron chi connectivity index (χ1n) is 6.06. The number of hydrogen-bond donors (Lipinski definition) is 2. The SMILES string of the molecule is NNc1nc2ccc(-c3nc4ccccc4s3)cc2s1. The third-order valence-electron chi connectivity index (χ3n) is 3.05. The van der Waals surface area contributed by atoms with Crippen LogP contribution >= 0.6 is 22.7 Å². The molecule has 0 radical (unpaired) electrons. The molecule has 20 heavy (non-hydrogen) atoms. The van der Waals surface area contributed by atoms with E-state index in [1.807, 2.05) is 24.3 Å². The standard InChI is InChI=1S/C14H10N4S2/c15-18-14-17-10-6-5-8(7-12(10)20-14)13-16-9-3-1-2-4-11(9)19-13/h1-7H,15H2,(H,17,18). The van der Waals surface area contributed by atoms with E-state index in [1.165, 1.54) is 4.70 Å². The number of nitrogens with zero attached hydrogens (tertiary/aromatic N) is 2. The van der Waals surface area contributed by atoms with Gasteiger partial charge in [-0.05, 0) is 30.3 Å². The summed E-state index contributed by atoms with van der Waals surface area (Å²) < 4.78 is 2.31. The van der Waals surface area contributed by atoms with Crippen molar-refractivity contribution in [2.75, 3.05) is 5.43 Å². The van der Waals surface area contributed by atoms with Crippen LogP contribution in [0.3, 0.4) is 0 Å². The molecule has 0 aliphatic carbocycles. The third-order valence-corrected chi connectivity index (χ3v) is 5.09. The molecule has 0 bridgehead atoms. The number of nitrogens with two attached hydrogens (primary N) is 1. The maximum atomic E-state index is 5.40. The quantitative estimate of drug-likeness (QED) is 0.436. The van der Waals surface area contributed by atoms with Crippen LogP contribution in [0.25, 0.3) is 31.0 Å². The largest absolute Gasteiger partial charge is 0.300 e. The maximum absolute atomic E-state index is 5.40. The van der Waals surface area contributed by atoms with E-state index in [0.717, 1.165) is 31.4 Å². The third kappa shape index (κ3) is 1.85. The van der Waals surface area contributed by atoms with Crippen LogP contribution in [0, 0.1) is 0 Å². The number of hydrogen-bond acceptors (Lipinski definition) is 6. The number of fused-ring (bicyclic) bond motifs is 2. The summed E-state index contributed by atoms with van der Waals surface area (Å²) in [6.07, 6.45) is 0. The van der Waals surface area contributed by atoms with Gasteiger partial charge in [0, 0.05) is 5.56 Å². The molecule has 0 saturated heterocycles. The number of aromatic nitrogens is 2. The topological polar surface area (TPSA) is 63.8 Å². The van der Waals surface area contributed by atoms with E-state index in [0.29, 0.717) is 0 Å². The molecule has 0 saturated carbocycles. The molecule has 3 N–H and O–H groups in total. The van der Waals surface area contributed by atoms with Gasteiger partial charge in [0.2, 0.25) is 0 Å². The predicted molar refractivity (Wildman–Crippen MR) is 86.0 cm³/mol. The Morgan fingerprint density at radius 1 is 0.900 bits per heavy atom. The average molecular weight is 298 g/mol. The Bertz CT molecular complexity index is 877. The summed E-state index contributed by atoms with van der Waals surface area (Å²) in [7, 11) is 0. The van der Waals surface area contributed by atoms with Crippen molar-refractivity contribution >= 4 is 48.2 Å². The summed E-state index contributed by atoms with van der Waals surface area (Å²) in [5.41, 5.74) is 5.70. The molecule has 6 heteroatoms. The maximum Gasteiger partial charge on any atom is 0.198 e. The number of nitrogen functional groups attached to an aromatic ring is 1. The first-order valence-corrected chi connectivity index (χ1v) is 7.70. The average Bonchev–Trinajstić information content (AvgIpc) is 3.09. The smallest absolute Gasteiger partial charge is 0.198 e. The molecule has 4 nitrogen and oxygen atoms in total. The Morgan fingerprint density at radius 2 is 1.75 bits per heavy atom. The number of nitrogens with one attached hydrogen (secondary N) is 1. The lowest BCUT2D eigenvalue weighted by atomic mass is 10.2. The molecular formula is C14H10N4S2. The summed E-state index contributed by atoms with van der Waals surface area (Å²) in [6.45, 7) is 0. The van der Waals surface area contributed by atoms with Crippen LogP contribution in [0.15, 0.2) is 42.5 Å². The van der Waals surface area contributed by atoms with Gasteiger partial charge in [-0.1, -0.05) is 23.5 Å². The number of thiazole rings is 2. The molecule has 0 unspecified atom stereocenters. The van der Waals surface area contributed by atoms with E-state index < -0.39 is 0 Å². The highest BCUT2D eigenvalue weighted by Crippen LogP contribution is 2.33. The summed E-state index contributed by atoms with van der Waals surface area (Å²) in [6, 6.07) is 14.4. The molecule has 4 rings (SSSR count). The minimum absolute atomic E-state index is 0.724. The van der Waals surface area contributed by atoms with E-state index in [2.05, 4.69) is 33.6 Å². The van der Waals surface area contributed by atoms with Crippen LogP contribution in [0.2, 0.25) is 0 Å². The zero-order valence-electron chi connectivity index (χ0n) is 10.3. The molecule has 2 heterocycles. The fourth-order valence-corrected chi connectivity index (χ4v) is 3.89. The number of hydrazine groups is 1. The zero-order valence-corrected chi connectivity index (χ0v) is 12.0. The van der Waals surface area contributed by atoms with Crippen LogP contribution in [-0.4, -0.2) is 9.97 Å². The molecule has 0 atom stereocenters. The van der Waals surface area contributed by atoms with Crippen LogP contribution < -0.4 is 11.3 Å². The van der Waals surface area contributed by atoms with Crippen molar-refractivity contribution in [2.45, 2.75) is 0 Å². The monoisotopic (exact) mass is 298 g/mol. The van der Waals surface area contributed by atoms with Gasteiger partial charge in [0.15, 0.2) is 5.13 Å². The second-order valence-corrected chi connectivity index (χ2v) is 6.39. The summed E-state index contributed by atoms with van der Waals surface area (Å²) in [5, 5.41) is 1.75. The van der Waals surface area contributed by atoms with E-state index in [4.69, 9.17) is 5.84 Å². The van der Waals surface area contributed by atoms with Gasteiger partial charge in [0.05, 0.1) is 20.4 Å². The van der Waals surface area contributed by atoms with Crippen molar-refractivity contribution in [3.05, 3.63) is 42.5 Å². The Hall–Kier alpha value is -2.02. The molecule has 0 spiro atoms. The van der Waals surface area contributed by atoms with Gasteiger partial charge in [-0.25, -0.2) is 15.8 Å². The Balaban J connectivity index is 1.88.